The van der Waals surface area contributed by atoms with Crippen LogP contribution < -0.4 is 0 Å². The van der Waals surface area contributed by atoms with E-state index in [0.29, 0.717) is 40.6 Å². The smallest absolute Gasteiger partial charge is 0.410 e. The van der Waals surface area contributed by atoms with Gasteiger partial charge < -0.3 is 18.9 Å². The second-order valence-corrected chi connectivity index (χ2v) is 10.4. The van der Waals surface area contributed by atoms with Crippen LogP contribution >= 0.6 is 11.6 Å². The zero-order valence-corrected chi connectivity index (χ0v) is 20.7. The molecule has 1 amide bonds. The predicted molar refractivity (Wildman–Crippen MR) is 133 cm³/mol. The van der Waals surface area contributed by atoms with Gasteiger partial charge in [-0.2, -0.15) is 0 Å². The first-order valence-electron chi connectivity index (χ1n) is 12.4. The van der Waals surface area contributed by atoms with Crippen LogP contribution in [-0.4, -0.2) is 40.8 Å². The fourth-order valence-corrected chi connectivity index (χ4v) is 5.81. The highest BCUT2D eigenvalue weighted by molar-refractivity contribution is 6.33. The lowest BCUT2D eigenvalue weighted by Gasteiger charge is -2.30. The molecule has 3 fully saturated rings. The second-order valence-electron chi connectivity index (χ2n) is 10.00. The Labute approximate surface area is 214 Å². The van der Waals surface area contributed by atoms with E-state index in [9.17, 15) is 9.59 Å². The minimum Gasteiger partial charge on any atom is -0.458 e. The van der Waals surface area contributed by atoms with Gasteiger partial charge in [-0.05, 0) is 43.4 Å². The topological polar surface area (TPSA) is 81.9 Å². The Hall–Kier alpha value is -3.32. The first kappa shape index (κ1) is 23.1. The van der Waals surface area contributed by atoms with E-state index in [1.807, 2.05) is 49.4 Å². The number of fused-ring (bicyclic) bond motifs is 2. The van der Waals surface area contributed by atoms with E-state index < -0.39 is 5.97 Å². The van der Waals surface area contributed by atoms with Crippen molar-refractivity contribution in [3.05, 3.63) is 76.0 Å². The van der Waals surface area contributed by atoms with Gasteiger partial charge in [0.05, 0.1) is 5.02 Å². The van der Waals surface area contributed by atoms with Crippen molar-refractivity contribution in [2.24, 2.45) is 5.92 Å². The Bertz CT molecular complexity index is 1280. The Balaban J connectivity index is 1.15. The molecule has 8 heteroatoms. The lowest BCUT2D eigenvalue weighted by molar-refractivity contribution is 0.00584. The van der Waals surface area contributed by atoms with Crippen LogP contribution in [0.1, 0.15) is 58.8 Å². The van der Waals surface area contributed by atoms with E-state index in [1.165, 1.54) is 0 Å². The molecule has 2 heterocycles. The summed E-state index contributed by atoms with van der Waals surface area (Å²) in [6.45, 7) is 2.70. The maximum atomic E-state index is 13.5. The van der Waals surface area contributed by atoms with E-state index in [2.05, 4.69) is 5.16 Å². The van der Waals surface area contributed by atoms with Crippen LogP contribution in [0.15, 0.2) is 53.1 Å². The van der Waals surface area contributed by atoms with E-state index in [0.717, 1.165) is 30.4 Å². The number of benzene rings is 2. The monoisotopic (exact) mass is 506 g/mol. The van der Waals surface area contributed by atoms with Crippen LogP contribution in [0.3, 0.4) is 0 Å². The number of rotatable bonds is 6. The fraction of sp³-hybridized carbons (Fsp3) is 0.393. The maximum absolute atomic E-state index is 13.5. The summed E-state index contributed by atoms with van der Waals surface area (Å²) in [5.74, 6) is 0.427. The van der Waals surface area contributed by atoms with E-state index >= 15 is 0 Å². The largest absolute Gasteiger partial charge is 0.458 e. The molecular formula is C28H27ClN2O5. The van der Waals surface area contributed by atoms with Gasteiger partial charge in [-0.15, -0.1) is 0 Å². The number of carbonyl (C=O) groups is 2. The zero-order valence-electron chi connectivity index (χ0n) is 20.0. The zero-order chi connectivity index (χ0) is 24.8. The van der Waals surface area contributed by atoms with Crippen LogP contribution in [-0.2, 0) is 16.1 Å². The van der Waals surface area contributed by atoms with Gasteiger partial charge in [0.25, 0.3) is 0 Å². The molecule has 3 aliphatic rings. The number of carbonyl (C=O) groups excluding carboxylic acids is 2. The van der Waals surface area contributed by atoms with Crippen molar-refractivity contribution in [1.29, 1.82) is 0 Å². The Morgan fingerprint density at radius 1 is 1.11 bits per heavy atom. The predicted octanol–water partition coefficient (Wildman–Crippen LogP) is 6.14. The highest BCUT2D eigenvalue weighted by Gasteiger charge is 2.49. The van der Waals surface area contributed by atoms with Gasteiger partial charge in [-0.3, -0.25) is 0 Å². The van der Waals surface area contributed by atoms with E-state index in [4.69, 9.17) is 25.6 Å². The quantitative estimate of drug-likeness (QED) is 0.374. The van der Waals surface area contributed by atoms with Gasteiger partial charge in [0, 0.05) is 36.4 Å². The Kier molecular flexibility index (Phi) is 5.96. The van der Waals surface area contributed by atoms with Crippen molar-refractivity contribution in [1.82, 2.24) is 10.1 Å². The SMILES string of the molecule is Cc1cccc(Cl)c1-c1noc(C2CC2)c1C(=O)O[C@H]1C[C@@H]2C[C@H]1CN2C(=O)OCc1ccccc1. The van der Waals surface area contributed by atoms with E-state index in [-0.39, 0.29) is 36.7 Å². The van der Waals surface area contributed by atoms with Gasteiger partial charge in [0.15, 0.2) is 5.76 Å². The number of piperidine rings is 1. The molecule has 2 aromatic carbocycles. The summed E-state index contributed by atoms with van der Waals surface area (Å²) in [7, 11) is 0. The molecule has 2 bridgehead atoms. The minimum absolute atomic E-state index is 0.00623. The molecule has 3 atom stereocenters. The molecule has 2 aliphatic carbocycles. The average Bonchev–Trinajstić information content (AvgIpc) is 3.31. The summed E-state index contributed by atoms with van der Waals surface area (Å²) >= 11 is 6.49. The third kappa shape index (κ3) is 4.26. The van der Waals surface area contributed by atoms with Crippen LogP contribution in [0.5, 0.6) is 0 Å². The summed E-state index contributed by atoms with van der Waals surface area (Å²) in [5.41, 5.74) is 3.39. The lowest BCUT2D eigenvalue weighted by Crippen LogP contribution is -2.43. The number of amides is 1. The molecule has 1 aromatic heterocycles. The Morgan fingerprint density at radius 3 is 2.61 bits per heavy atom. The van der Waals surface area contributed by atoms with Crippen LogP contribution in [0.25, 0.3) is 11.3 Å². The maximum Gasteiger partial charge on any atom is 0.410 e. The van der Waals surface area contributed by atoms with Crippen LogP contribution in [0.4, 0.5) is 4.79 Å². The van der Waals surface area contributed by atoms with Gasteiger partial charge in [-0.1, -0.05) is 59.2 Å². The summed E-state index contributed by atoms with van der Waals surface area (Å²) in [6, 6.07) is 15.2. The molecule has 1 aliphatic heterocycles. The Morgan fingerprint density at radius 2 is 1.92 bits per heavy atom. The average molecular weight is 507 g/mol. The van der Waals surface area contributed by atoms with Crippen molar-refractivity contribution in [2.45, 2.75) is 57.3 Å². The molecule has 36 heavy (non-hydrogen) atoms. The summed E-state index contributed by atoms with van der Waals surface area (Å²) < 4.78 is 17.2. The van der Waals surface area contributed by atoms with Crippen LogP contribution in [0, 0.1) is 12.8 Å². The number of hydrogen-bond donors (Lipinski definition) is 0. The highest BCUT2D eigenvalue weighted by atomic mass is 35.5. The van der Waals surface area contributed by atoms with Crippen LogP contribution in [0.2, 0.25) is 5.02 Å². The minimum atomic E-state index is -0.428. The molecule has 6 rings (SSSR count). The number of hydrogen-bond acceptors (Lipinski definition) is 6. The van der Waals surface area contributed by atoms with Gasteiger partial charge in [0.2, 0.25) is 0 Å². The number of ether oxygens (including phenoxy) is 2. The van der Waals surface area contributed by atoms with Gasteiger partial charge in [0.1, 0.15) is 24.0 Å². The molecule has 2 saturated carbocycles. The highest BCUT2D eigenvalue weighted by Crippen LogP contribution is 2.46. The van der Waals surface area contributed by atoms with Crippen molar-refractivity contribution in [2.75, 3.05) is 6.54 Å². The number of esters is 1. The van der Waals surface area contributed by atoms with Crippen molar-refractivity contribution < 1.29 is 23.6 Å². The fourth-order valence-electron chi connectivity index (χ4n) is 5.50. The number of halogens is 1. The molecule has 0 radical (unpaired) electrons. The molecular weight excluding hydrogens is 480 g/mol. The molecule has 0 unspecified atom stereocenters. The third-order valence-corrected chi connectivity index (χ3v) is 7.82. The number of likely N-dealkylation sites (tertiary alicyclic amines) is 1. The number of aromatic nitrogens is 1. The number of nitrogens with zero attached hydrogens (tertiary/aromatic N) is 2. The normalized spacial score (nSPS) is 22.6. The summed E-state index contributed by atoms with van der Waals surface area (Å²) in [6.07, 6.45) is 2.75. The standard InChI is InChI=1S/C28H27ClN2O5/c1-16-6-5-9-21(29)23(16)25-24(26(36-30-25)18-10-11-18)27(32)35-22-13-20-12-19(22)14-31(20)28(33)34-15-17-7-3-2-4-8-17/h2-9,18-20,22H,10-15H2,1H3/t19-,20-,22-/m0/s1. The van der Waals surface area contributed by atoms with Crippen molar-refractivity contribution in [3.8, 4) is 11.3 Å². The second kappa shape index (κ2) is 9.28. The molecule has 3 aromatic rings. The first-order chi connectivity index (χ1) is 17.5. The van der Waals surface area contributed by atoms with E-state index in [1.54, 1.807) is 11.0 Å². The summed E-state index contributed by atoms with van der Waals surface area (Å²) in [5, 5.41) is 4.78. The molecule has 1 saturated heterocycles. The first-order valence-corrected chi connectivity index (χ1v) is 12.8. The lowest BCUT2D eigenvalue weighted by atomic mass is 10.00. The summed E-state index contributed by atoms with van der Waals surface area (Å²) in [4.78, 5) is 28.0. The van der Waals surface area contributed by atoms with Gasteiger partial charge in [-0.25, -0.2) is 9.59 Å². The molecule has 0 spiro atoms. The molecule has 0 N–H and O–H groups in total. The number of aryl methyl sites for hydroxylation is 1. The molecule has 186 valence electrons. The van der Waals surface area contributed by atoms with Crippen molar-refractivity contribution >= 4 is 23.7 Å². The van der Waals surface area contributed by atoms with Gasteiger partial charge >= 0.3 is 12.1 Å². The van der Waals surface area contributed by atoms with Crippen molar-refractivity contribution in [3.63, 3.8) is 0 Å². The molecule has 7 nitrogen and oxygen atoms in total. The third-order valence-electron chi connectivity index (χ3n) is 7.50.